The summed E-state index contributed by atoms with van der Waals surface area (Å²) in [5.74, 6) is -1.89. The van der Waals surface area contributed by atoms with E-state index in [9.17, 15) is 19.2 Å². The molecule has 0 bridgehead atoms. The molecular weight excluding hydrogens is 730 g/mol. The maximum absolute atomic E-state index is 14.2. The lowest BCUT2D eigenvalue weighted by molar-refractivity contribution is -0.158. The first-order valence-corrected chi connectivity index (χ1v) is 18.1. The van der Waals surface area contributed by atoms with Crippen LogP contribution in [-0.2, 0) is 32.0 Å². The molecule has 2 N–H and O–H groups in total. The predicted molar refractivity (Wildman–Crippen MR) is 202 cm³/mol. The van der Waals surface area contributed by atoms with E-state index in [1.54, 1.807) is 36.4 Å². The van der Waals surface area contributed by atoms with E-state index in [0.717, 1.165) is 22.3 Å². The first-order valence-electron chi connectivity index (χ1n) is 16.6. The Balaban J connectivity index is 1.39. The third kappa shape index (κ3) is 10.3. The van der Waals surface area contributed by atoms with Gasteiger partial charge in [0, 0.05) is 45.6 Å². The third-order valence-corrected chi connectivity index (χ3v) is 10.3. The summed E-state index contributed by atoms with van der Waals surface area (Å²) >= 11 is 24.9. The summed E-state index contributed by atoms with van der Waals surface area (Å²) in [6, 6.07) is 29.0. The Bertz CT molecular complexity index is 1820. The second-order valence-corrected chi connectivity index (χ2v) is 14.2. The number of primary amides is 1. The Labute approximate surface area is 318 Å². The fourth-order valence-electron chi connectivity index (χ4n) is 6.42. The Morgan fingerprint density at radius 2 is 1.31 bits per heavy atom. The molecule has 0 saturated carbocycles. The van der Waals surface area contributed by atoms with Crippen molar-refractivity contribution < 1.29 is 19.2 Å². The zero-order chi connectivity index (χ0) is 36.5. The summed E-state index contributed by atoms with van der Waals surface area (Å²) in [5.41, 5.74) is 9.20. The highest BCUT2D eigenvalue weighted by Crippen LogP contribution is 2.30. The molecular formula is C39H38Cl4N4O4. The number of halogens is 4. The van der Waals surface area contributed by atoms with Crippen molar-refractivity contribution in [2.75, 3.05) is 32.7 Å². The van der Waals surface area contributed by atoms with Crippen LogP contribution in [0.4, 0.5) is 0 Å². The second kappa shape index (κ2) is 17.9. The molecule has 1 fully saturated rings. The molecule has 0 aromatic heterocycles. The van der Waals surface area contributed by atoms with Crippen LogP contribution < -0.4 is 5.73 Å². The Hall–Kier alpha value is -4.08. The minimum absolute atomic E-state index is 0.0628. The topological polar surface area (TPSA) is 104 Å². The molecule has 4 amide bonds. The van der Waals surface area contributed by atoms with Crippen molar-refractivity contribution in [1.82, 2.24) is 14.7 Å². The average Bonchev–Trinajstić information content (AvgIpc) is 3.10. The molecule has 266 valence electrons. The highest BCUT2D eigenvalue weighted by atomic mass is 35.5. The number of hydrogen-bond acceptors (Lipinski definition) is 4. The van der Waals surface area contributed by atoms with Gasteiger partial charge in [-0.05, 0) is 65.8 Å². The van der Waals surface area contributed by atoms with Crippen LogP contribution in [0.15, 0.2) is 97.1 Å². The average molecular weight is 769 g/mol. The van der Waals surface area contributed by atoms with Crippen molar-refractivity contribution in [3.05, 3.63) is 139 Å². The maximum atomic E-state index is 14.2. The molecule has 0 radical (unpaired) electrons. The number of carbonyl (C=O) groups is 4. The Kier molecular flexibility index (Phi) is 13.4. The van der Waals surface area contributed by atoms with E-state index < -0.39 is 17.9 Å². The molecule has 12 heteroatoms. The third-order valence-electron chi connectivity index (χ3n) is 9.08. The van der Waals surface area contributed by atoms with Gasteiger partial charge in [-0.1, -0.05) is 119 Å². The van der Waals surface area contributed by atoms with Crippen molar-refractivity contribution >= 4 is 70.0 Å². The Morgan fingerprint density at radius 1 is 0.765 bits per heavy atom. The van der Waals surface area contributed by atoms with Gasteiger partial charge in [-0.2, -0.15) is 0 Å². The molecule has 0 spiro atoms. The first-order chi connectivity index (χ1) is 24.5. The van der Waals surface area contributed by atoms with E-state index in [1.807, 2.05) is 60.7 Å². The summed E-state index contributed by atoms with van der Waals surface area (Å²) in [6.07, 6.45) is 0.888. The van der Waals surface area contributed by atoms with E-state index in [-0.39, 0.29) is 56.9 Å². The summed E-state index contributed by atoms with van der Waals surface area (Å²) in [5, 5.41) is 1.85. The van der Waals surface area contributed by atoms with E-state index in [1.165, 1.54) is 14.7 Å². The summed E-state index contributed by atoms with van der Waals surface area (Å²) in [4.78, 5) is 58.6. The van der Waals surface area contributed by atoms with Gasteiger partial charge in [0.25, 0.3) is 0 Å². The number of nitrogens with two attached hydrogens (primary N) is 1. The van der Waals surface area contributed by atoms with Crippen molar-refractivity contribution in [2.24, 2.45) is 5.73 Å². The van der Waals surface area contributed by atoms with Crippen LogP contribution in [0.5, 0.6) is 0 Å². The molecule has 8 nitrogen and oxygen atoms in total. The monoisotopic (exact) mass is 766 g/mol. The van der Waals surface area contributed by atoms with Crippen molar-refractivity contribution in [1.29, 1.82) is 0 Å². The van der Waals surface area contributed by atoms with E-state index in [2.05, 4.69) is 0 Å². The fourth-order valence-corrected chi connectivity index (χ4v) is 7.42. The van der Waals surface area contributed by atoms with Gasteiger partial charge in [0.1, 0.15) is 6.04 Å². The summed E-state index contributed by atoms with van der Waals surface area (Å²) < 4.78 is 0. The number of amides is 4. The molecule has 4 aromatic rings. The molecule has 1 aliphatic heterocycles. The zero-order valence-corrected chi connectivity index (χ0v) is 30.8. The SMILES string of the molecule is NC(=O)CN(CCc1ccc(Cl)cc1Cl)C(=O)C[C@@H]1C(=O)N(CCc2ccc(Cl)cc2Cl)CC(=O)N1CCC(c1ccccc1)c1ccccc1. The minimum atomic E-state index is -1.10. The number of benzene rings is 4. The van der Waals surface area contributed by atoms with Gasteiger partial charge >= 0.3 is 0 Å². The molecule has 4 aromatic carbocycles. The molecule has 1 atom stereocenters. The van der Waals surface area contributed by atoms with Gasteiger partial charge in [0.2, 0.25) is 23.6 Å². The summed E-state index contributed by atoms with van der Waals surface area (Å²) in [7, 11) is 0. The molecule has 51 heavy (non-hydrogen) atoms. The van der Waals surface area contributed by atoms with Crippen LogP contribution >= 0.6 is 46.4 Å². The van der Waals surface area contributed by atoms with E-state index in [4.69, 9.17) is 52.1 Å². The normalized spacial score (nSPS) is 14.6. The zero-order valence-electron chi connectivity index (χ0n) is 27.8. The molecule has 5 rings (SSSR count). The highest BCUT2D eigenvalue weighted by Gasteiger charge is 2.41. The number of hydrogen-bond donors (Lipinski definition) is 1. The van der Waals surface area contributed by atoms with Crippen molar-refractivity contribution in [3.63, 3.8) is 0 Å². The van der Waals surface area contributed by atoms with Crippen LogP contribution in [0, 0.1) is 0 Å². The van der Waals surface area contributed by atoms with Crippen molar-refractivity contribution in [2.45, 2.75) is 37.6 Å². The van der Waals surface area contributed by atoms with Gasteiger partial charge in [-0.25, -0.2) is 0 Å². The van der Waals surface area contributed by atoms with Crippen LogP contribution in [-0.4, -0.2) is 77.1 Å². The second-order valence-electron chi connectivity index (χ2n) is 12.5. The minimum Gasteiger partial charge on any atom is -0.368 e. The number of carbonyl (C=O) groups excluding carboxylic acids is 4. The molecule has 1 heterocycles. The smallest absolute Gasteiger partial charge is 0.246 e. The van der Waals surface area contributed by atoms with Gasteiger partial charge in [0.05, 0.1) is 19.5 Å². The summed E-state index contributed by atoms with van der Waals surface area (Å²) in [6.45, 7) is 0.0456. The lowest BCUT2D eigenvalue weighted by atomic mass is 9.88. The lowest BCUT2D eigenvalue weighted by Gasteiger charge is -2.41. The van der Waals surface area contributed by atoms with Gasteiger partial charge < -0.3 is 20.4 Å². The highest BCUT2D eigenvalue weighted by molar-refractivity contribution is 6.35. The number of piperazine rings is 1. The maximum Gasteiger partial charge on any atom is 0.246 e. The van der Waals surface area contributed by atoms with Gasteiger partial charge in [0.15, 0.2) is 0 Å². The van der Waals surface area contributed by atoms with E-state index in [0.29, 0.717) is 39.4 Å². The molecule has 0 aliphatic carbocycles. The lowest BCUT2D eigenvalue weighted by Crippen LogP contribution is -2.61. The number of nitrogens with zero attached hydrogens (tertiary/aromatic N) is 3. The van der Waals surface area contributed by atoms with Gasteiger partial charge in [-0.15, -0.1) is 0 Å². The standard InChI is InChI=1S/C39H38Cl4N4O4/c40-30-13-11-28(33(42)21-30)15-18-45(24-36(44)48)37(49)23-35-39(51)46(19-16-29-12-14-31(41)22-34(29)43)25-38(50)47(35)20-17-32(26-7-3-1-4-8-26)27-9-5-2-6-10-27/h1-14,21-22,32,35H,15-20,23-25H2,(H2,44,48)/t35-/m1/s1. The largest absolute Gasteiger partial charge is 0.368 e. The van der Waals surface area contributed by atoms with Crippen LogP contribution in [0.25, 0.3) is 0 Å². The van der Waals surface area contributed by atoms with Crippen LogP contribution in [0.3, 0.4) is 0 Å². The van der Waals surface area contributed by atoms with Crippen LogP contribution in [0.2, 0.25) is 20.1 Å². The molecule has 0 unspecified atom stereocenters. The van der Waals surface area contributed by atoms with Gasteiger partial charge in [-0.3, -0.25) is 19.2 Å². The molecule has 1 aliphatic rings. The number of rotatable bonds is 15. The molecule has 1 saturated heterocycles. The first kappa shape index (κ1) is 38.2. The van der Waals surface area contributed by atoms with Crippen LogP contribution in [0.1, 0.15) is 41.0 Å². The van der Waals surface area contributed by atoms with Crippen molar-refractivity contribution in [3.8, 4) is 0 Å². The Morgan fingerprint density at radius 3 is 1.84 bits per heavy atom. The fraction of sp³-hybridized carbons (Fsp3) is 0.282. The van der Waals surface area contributed by atoms with E-state index >= 15 is 0 Å². The predicted octanol–water partition coefficient (Wildman–Crippen LogP) is 7.05. The quantitative estimate of drug-likeness (QED) is 0.140.